The number of hydrogen-bond acceptors (Lipinski definition) is 2. The van der Waals surface area contributed by atoms with Crippen LogP contribution in [0, 0.1) is 0 Å². The van der Waals surface area contributed by atoms with Gasteiger partial charge in [-0.3, -0.25) is 9.59 Å². The van der Waals surface area contributed by atoms with E-state index in [2.05, 4.69) is 0 Å². The molecule has 2 amide bonds. The molecule has 4 nitrogen and oxygen atoms in total. The highest BCUT2D eigenvalue weighted by Gasteiger charge is 2.36. The highest BCUT2D eigenvalue weighted by Crippen LogP contribution is 2.34. The maximum Gasteiger partial charge on any atom is 0.417 e. The molecule has 170 valence electrons. The molecule has 1 saturated heterocycles. The van der Waals surface area contributed by atoms with Crippen LogP contribution in [-0.4, -0.2) is 54.0 Å². The number of allylic oxidation sites excluding steroid dienone is 1. The summed E-state index contributed by atoms with van der Waals surface area (Å²) in [6.07, 6.45) is -8.70. The van der Waals surface area contributed by atoms with Crippen LogP contribution in [0.1, 0.15) is 21.5 Å². The van der Waals surface area contributed by atoms with Crippen molar-refractivity contribution in [3.63, 3.8) is 0 Å². The van der Waals surface area contributed by atoms with E-state index in [1.54, 1.807) is 6.07 Å². The smallest absolute Gasteiger partial charge is 0.336 e. The first-order chi connectivity index (χ1) is 15.0. The van der Waals surface area contributed by atoms with E-state index in [0.29, 0.717) is 6.08 Å². The molecule has 32 heavy (non-hydrogen) atoms. The third-order valence-electron chi connectivity index (χ3n) is 5.00. The van der Waals surface area contributed by atoms with Crippen molar-refractivity contribution in [3.8, 4) is 0 Å². The highest BCUT2D eigenvalue weighted by molar-refractivity contribution is 5.97. The molecule has 0 aromatic heterocycles. The van der Waals surface area contributed by atoms with E-state index >= 15 is 0 Å². The van der Waals surface area contributed by atoms with Crippen LogP contribution in [0.3, 0.4) is 0 Å². The summed E-state index contributed by atoms with van der Waals surface area (Å²) in [6, 6.07) is 10.7. The number of benzene rings is 2. The van der Waals surface area contributed by atoms with Crippen molar-refractivity contribution in [2.75, 3.05) is 26.2 Å². The third-order valence-corrected chi connectivity index (χ3v) is 5.00. The number of nitrogens with zero attached hydrogens (tertiary/aromatic N) is 2. The summed E-state index contributed by atoms with van der Waals surface area (Å²) in [4.78, 5) is 27.5. The molecule has 0 unspecified atom stereocenters. The van der Waals surface area contributed by atoms with Gasteiger partial charge in [-0.05, 0) is 29.8 Å². The predicted octanol–water partition coefficient (Wildman–Crippen LogP) is 4.64. The summed E-state index contributed by atoms with van der Waals surface area (Å²) in [5, 5.41) is 0. The molecule has 2 aromatic rings. The van der Waals surface area contributed by atoms with Crippen molar-refractivity contribution in [1.29, 1.82) is 0 Å². The van der Waals surface area contributed by atoms with Gasteiger partial charge in [0.2, 0.25) is 5.91 Å². The van der Waals surface area contributed by atoms with Crippen LogP contribution in [-0.2, 0) is 11.0 Å². The Morgan fingerprint density at radius 3 is 1.75 bits per heavy atom. The van der Waals surface area contributed by atoms with Gasteiger partial charge in [0.15, 0.2) is 0 Å². The van der Waals surface area contributed by atoms with Crippen molar-refractivity contribution in [1.82, 2.24) is 9.80 Å². The second-order valence-corrected chi connectivity index (χ2v) is 7.11. The van der Waals surface area contributed by atoms with E-state index in [1.807, 2.05) is 0 Å². The molecule has 3 rings (SSSR count). The summed E-state index contributed by atoms with van der Waals surface area (Å²) in [5.74, 6) is -1.34. The van der Waals surface area contributed by atoms with Gasteiger partial charge in [0.05, 0.1) is 11.1 Å². The third kappa shape index (κ3) is 5.49. The number of hydrogen-bond donors (Lipinski definition) is 0. The van der Waals surface area contributed by atoms with Gasteiger partial charge in [0, 0.05) is 37.8 Å². The van der Waals surface area contributed by atoms with E-state index < -0.39 is 35.3 Å². The lowest BCUT2D eigenvalue weighted by Gasteiger charge is -2.34. The van der Waals surface area contributed by atoms with Gasteiger partial charge in [0.25, 0.3) is 5.91 Å². The Bertz CT molecular complexity index is 990. The fourth-order valence-electron chi connectivity index (χ4n) is 3.28. The van der Waals surface area contributed by atoms with Gasteiger partial charge in [0.1, 0.15) is 0 Å². The minimum Gasteiger partial charge on any atom is -0.336 e. The Labute approximate surface area is 179 Å². The van der Waals surface area contributed by atoms with Gasteiger partial charge in [-0.25, -0.2) is 0 Å². The SMILES string of the molecule is O=C(/C=C(\c1ccccc1)C(F)(F)F)N1CCN(C(=O)c2ccc(C(F)(F)F)cc2)CC1. The molecule has 1 aliphatic rings. The zero-order valence-electron chi connectivity index (χ0n) is 16.6. The van der Waals surface area contributed by atoms with Gasteiger partial charge < -0.3 is 9.80 Å². The number of rotatable bonds is 3. The van der Waals surface area contributed by atoms with E-state index in [-0.39, 0.29) is 37.3 Å². The Kier molecular flexibility index (Phi) is 6.61. The molecular weight excluding hydrogens is 438 g/mol. The molecular formula is C22H18F6N2O2. The fourth-order valence-corrected chi connectivity index (χ4v) is 3.28. The first-order valence-corrected chi connectivity index (χ1v) is 9.56. The average Bonchev–Trinajstić information content (AvgIpc) is 2.76. The lowest BCUT2D eigenvalue weighted by atomic mass is 10.0. The molecule has 0 saturated carbocycles. The average molecular weight is 456 g/mol. The molecule has 0 bridgehead atoms. The lowest BCUT2D eigenvalue weighted by molar-refractivity contribution is -0.137. The van der Waals surface area contributed by atoms with Crippen LogP contribution in [0.4, 0.5) is 26.3 Å². The normalized spacial score (nSPS) is 15.6. The van der Waals surface area contributed by atoms with E-state index in [0.717, 1.165) is 24.3 Å². The standard InChI is InChI=1S/C22H18F6N2O2/c23-21(24,25)17-8-6-16(7-9-17)20(32)30-12-10-29(11-13-30)19(31)14-18(22(26,27)28)15-4-2-1-3-5-15/h1-9,14H,10-13H2/b18-14+. The van der Waals surface area contributed by atoms with Gasteiger partial charge in [-0.2, -0.15) is 26.3 Å². The number of halogens is 6. The molecule has 0 radical (unpaired) electrons. The van der Waals surface area contributed by atoms with Crippen LogP contribution < -0.4 is 0 Å². The molecule has 1 heterocycles. The summed E-state index contributed by atoms with van der Waals surface area (Å²) < 4.78 is 78.3. The first kappa shape index (κ1) is 23.4. The molecule has 0 spiro atoms. The second kappa shape index (κ2) is 9.05. The summed E-state index contributed by atoms with van der Waals surface area (Å²) >= 11 is 0. The Balaban J connectivity index is 1.66. The van der Waals surface area contributed by atoms with Crippen molar-refractivity contribution in [2.24, 2.45) is 0 Å². The molecule has 1 aliphatic heterocycles. The van der Waals surface area contributed by atoms with Crippen LogP contribution in [0.15, 0.2) is 60.7 Å². The molecule has 0 N–H and O–H groups in total. The number of alkyl halides is 6. The van der Waals surface area contributed by atoms with Crippen LogP contribution >= 0.6 is 0 Å². The highest BCUT2D eigenvalue weighted by atomic mass is 19.4. The van der Waals surface area contributed by atoms with E-state index in [1.165, 1.54) is 34.1 Å². The number of piperazine rings is 1. The number of carbonyl (C=O) groups is 2. The van der Waals surface area contributed by atoms with Gasteiger partial charge in [-0.15, -0.1) is 0 Å². The Morgan fingerprint density at radius 1 is 0.719 bits per heavy atom. The first-order valence-electron chi connectivity index (χ1n) is 9.56. The van der Waals surface area contributed by atoms with E-state index in [4.69, 9.17) is 0 Å². The zero-order valence-corrected chi connectivity index (χ0v) is 16.6. The Hall–Kier alpha value is -3.30. The van der Waals surface area contributed by atoms with Gasteiger partial charge >= 0.3 is 12.4 Å². The van der Waals surface area contributed by atoms with Crippen molar-refractivity contribution in [2.45, 2.75) is 12.4 Å². The fraction of sp³-hybridized carbons (Fsp3) is 0.273. The predicted molar refractivity (Wildman–Crippen MR) is 104 cm³/mol. The monoisotopic (exact) mass is 456 g/mol. The summed E-state index contributed by atoms with van der Waals surface area (Å²) in [6.45, 7) is 0.0987. The molecule has 0 aliphatic carbocycles. The maximum absolute atomic E-state index is 13.4. The number of amides is 2. The van der Waals surface area contributed by atoms with Crippen molar-refractivity contribution >= 4 is 17.4 Å². The van der Waals surface area contributed by atoms with E-state index in [9.17, 15) is 35.9 Å². The summed E-state index contributed by atoms with van der Waals surface area (Å²) in [5.41, 5.74) is -2.02. The van der Waals surface area contributed by atoms with Crippen LogP contribution in [0.25, 0.3) is 5.57 Å². The molecule has 10 heteroatoms. The van der Waals surface area contributed by atoms with Crippen molar-refractivity contribution in [3.05, 3.63) is 77.4 Å². The maximum atomic E-state index is 13.4. The minimum absolute atomic E-state index is 0.00162. The summed E-state index contributed by atoms with van der Waals surface area (Å²) in [7, 11) is 0. The zero-order chi connectivity index (χ0) is 23.5. The van der Waals surface area contributed by atoms with Crippen molar-refractivity contribution < 1.29 is 35.9 Å². The minimum atomic E-state index is -4.72. The second-order valence-electron chi connectivity index (χ2n) is 7.11. The van der Waals surface area contributed by atoms with Crippen LogP contribution in [0.5, 0.6) is 0 Å². The molecule has 1 fully saturated rings. The van der Waals surface area contributed by atoms with Gasteiger partial charge in [-0.1, -0.05) is 30.3 Å². The number of carbonyl (C=O) groups excluding carboxylic acids is 2. The Morgan fingerprint density at radius 2 is 1.25 bits per heavy atom. The largest absolute Gasteiger partial charge is 0.417 e. The lowest BCUT2D eigenvalue weighted by Crippen LogP contribution is -2.50. The topological polar surface area (TPSA) is 40.6 Å². The van der Waals surface area contributed by atoms with Crippen LogP contribution in [0.2, 0.25) is 0 Å². The molecule has 2 aromatic carbocycles. The molecule has 0 atom stereocenters. The quantitative estimate of drug-likeness (QED) is 0.499.